The number of benzene rings is 2. The van der Waals surface area contributed by atoms with E-state index in [1.54, 1.807) is 0 Å². The number of carbonyl (C=O) groups is 1. The predicted octanol–water partition coefficient (Wildman–Crippen LogP) is 4.74. The van der Waals surface area contributed by atoms with Crippen molar-refractivity contribution in [3.05, 3.63) is 80.5 Å². The van der Waals surface area contributed by atoms with Crippen LogP contribution in [0, 0.1) is 10.1 Å². The van der Waals surface area contributed by atoms with Crippen molar-refractivity contribution in [1.82, 2.24) is 0 Å². The van der Waals surface area contributed by atoms with Crippen LogP contribution in [0.15, 0.2) is 54.2 Å². The Morgan fingerprint density at radius 1 is 1.24 bits per heavy atom. The van der Waals surface area contributed by atoms with Gasteiger partial charge in [-0.1, -0.05) is 43.6 Å². The van der Waals surface area contributed by atoms with Gasteiger partial charge in [-0.2, -0.15) is 0 Å². The topological polar surface area (TPSA) is 63.5 Å². The van der Waals surface area contributed by atoms with Gasteiger partial charge in [0.15, 0.2) is 5.78 Å². The average molecular weight is 357 g/mol. The van der Waals surface area contributed by atoms with Crippen LogP contribution in [-0.2, 0) is 5.41 Å². The van der Waals surface area contributed by atoms with Gasteiger partial charge in [0.25, 0.3) is 5.69 Å². The maximum atomic E-state index is 12.8. The Hall–Kier alpha value is -2.66. The Kier molecular flexibility index (Phi) is 4.13. The van der Waals surface area contributed by atoms with E-state index in [4.69, 9.17) is 11.6 Å². The first-order chi connectivity index (χ1) is 11.7. The molecular formula is C19H17ClN2O3. The number of allylic oxidation sites excluding steroid dienone is 2. The highest BCUT2D eigenvalue weighted by molar-refractivity contribution is 6.34. The summed E-state index contributed by atoms with van der Waals surface area (Å²) in [7, 11) is 1.90. The van der Waals surface area contributed by atoms with Gasteiger partial charge in [-0.3, -0.25) is 14.9 Å². The van der Waals surface area contributed by atoms with E-state index >= 15 is 0 Å². The molecule has 2 aromatic rings. The largest absolute Gasteiger partial charge is 0.347 e. The van der Waals surface area contributed by atoms with Crippen molar-refractivity contribution in [2.24, 2.45) is 0 Å². The second kappa shape index (κ2) is 6.01. The molecule has 1 aliphatic heterocycles. The molecule has 0 bridgehead atoms. The van der Waals surface area contributed by atoms with Gasteiger partial charge < -0.3 is 4.90 Å². The number of hydrogen-bond donors (Lipinski definition) is 0. The number of para-hydroxylation sites is 1. The maximum Gasteiger partial charge on any atom is 0.270 e. The van der Waals surface area contributed by atoms with Crippen LogP contribution >= 0.6 is 11.6 Å². The summed E-state index contributed by atoms with van der Waals surface area (Å²) in [4.78, 5) is 25.2. The molecule has 0 aromatic heterocycles. The standard InChI is InChI=1S/C19H17ClN2O3/c1-19(2)14-6-4-5-7-16(14)21(3)18(19)11-17(23)13-10-12(22(24)25)8-9-15(13)20/h4-11H,1-3H3/b18-11-. The third kappa shape index (κ3) is 2.81. The SMILES string of the molecule is CN1/C(=C\C(=O)c2cc([N+](=O)[O-])ccc2Cl)C(C)(C)c2ccccc21. The summed E-state index contributed by atoms with van der Waals surface area (Å²) in [5, 5.41) is 11.2. The van der Waals surface area contributed by atoms with E-state index in [0.717, 1.165) is 16.9 Å². The molecule has 6 heteroatoms. The van der Waals surface area contributed by atoms with Crippen molar-refractivity contribution in [2.45, 2.75) is 19.3 Å². The number of likely N-dealkylation sites (N-methyl/N-ethyl adjacent to an activating group) is 1. The van der Waals surface area contributed by atoms with Crippen LogP contribution in [-0.4, -0.2) is 17.8 Å². The lowest BCUT2D eigenvalue weighted by Gasteiger charge is -2.24. The van der Waals surface area contributed by atoms with Crippen LogP contribution in [0.5, 0.6) is 0 Å². The number of non-ortho nitro benzene ring substituents is 1. The first-order valence-electron chi connectivity index (χ1n) is 7.77. The zero-order chi connectivity index (χ0) is 18.4. The minimum absolute atomic E-state index is 0.128. The number of nitrogens with zero attached hydrogens (tertiary/aromatic N) is 2. The van der Waals surface area contributed by atoms with Gasteiger partial charge >= 0.3 is 0 Å². The average Bonchev–Trinajstić information content (AvgIpc) is 2.76. The lowest BCUT2D eigenvalue weighted by molar-refractivity contribution is -0.384. The zero-order valence-corrected chi connectivity index (χ0v) is 14.9. The summed E-state index contributed by atoms with van der Waals surface area (Å²) in [5.41, 5.74) is 2.60. The molecule has 5 nitrogen and oxygen atoms in total. The van der Waals surface area contributed by atoms with Gasteiger partial charge in [0.2, 0.25) is 0 Å². The number of carbonyl (C=O) groups excluding carboxylic acids is 1. The van der Waals surface area contributed by atoms with Gasteiger partial charge in [0, 0.05) is 47.6 Å². The van der Waals surface area contributed by atoms with Gasteiger partial charge in [-0.05, 0) is 17.7 Å². The van der Waals surface area contributed by atoms with Crippen LogP contribution in [0.2, 0.25) is 5.02 Å². The second-order valence-corrected chi connectivity index (χ2v) is 6.92. The van der Waals surface area contributed by atoms with Gasteiger partial charge in [-0.25, -0.2) is 0 Å². The number of ketones is 1. The molecule has 0 aliphatic carbocycles. The Morgan fingerprint density at radius 3 is 2.56 bits per heavy atom. The molecule has 0 saturated heterocycles. The smallest absolute Gasteiger partial charge is 0.270 e. The number of nitro groups is 1. The Labute approximate surface area is 150 Å². The fourth-order valence-corrected chi connectivity index (χ4v) is 3.49. The second-order valence-electron chi connectivity index (χ2n) is 6.52. The minimum Gasteiger partial charge on any atom is -0.347 e. The molecule has 0 fully saturated rings. The van der Waals surface area contributed by atoms with E-state index in [9.17, 15) is 14.9 Å². The molecule has 0 radical (unpaired) electrons. The fraction of sp³-hybridized carbons (Fsp3) is 0.211. The highest BCUT2D eigenvalue weighted by Gasteiger charge is 2.38. The third-order valence-electron chi connectivity index (χ3n) is 4.63. The van der Waals surface area contributed by atoms with Crippen LogP contribution in [0.1, 0.15) is 29.8 Å². The third-order valence-corrected chi connectivity index (χ3v) is 4.96. The molecule has 0 atom stereocenters. The number of nitro benzene ring substituents is 1. The van der Waals surface area contributed by atoms with Crippen LogP contribution < -0.4 is 4.90 Å². The Bertz CT molecular complexity index is 919. The fourth-order valence-electron chi connectivity index (χ4n) is 3.28. The number of rotatable bonds is 3. The van der Waals surface area contributed by atoms with E-state index in [0.29, 0.717) is 0 Å². The lowest BCUT2D eigenvalue weighted by Crippen LogP contribution is -2.24. The van der Waals surface area contributed by atoms with Crippen molar-refractivity contribution >= 4 is 28.8 Å². The van der Waals surface area contributed by atoms with Crippen molar-refractivity contribution in [3.63, 3.8) is 0 Å². The minimum atomic E-state index is -0.540. The van der Waals surface area contributed by atoms with Gasteiger partial charge in [0.05, 0.1) is 9.95 Å². The molecule has 1 heterocycles. The Balaban J connectivity index is 2.06. The van der Waals surface area contributed by atoms with E-state index in [1.807, 2.05) is 50.1 Å². The lowest BCUT2D eigenvalue weighted by atomic mass is 9.83. The first kappa shape index (κ1) is 17.2. The van der Waals surface area contributed by atoms with E-state index < -0.39 is 4.92 Å². The van der Waals surface area contributed by atoms with Crippen molar-refractivity contribution in [3.8, 4) is 0 Å². The summed E-state index contributed by atoms with van der Waals surface area (Å²) < 4.78 is 0. The van der Waals surface area contributed by atoms with Crippen molar-refractivity contribution in [2.75, 3.05) is 11.9 Å². The normalized spacial score (nSPS) is 16.8. The summed E-state index contributed by atoms with van der Waals surface area (Å²) >= 11 is 6.09. The summed E-state index contributed by atoms with van der Waals surface area (Å²) in [6, 6.07) is 11.8. The molecule has 0 spiro atoms. The van der Waals surface area contributed by atoms with Crippen LogP contribution in [0.25, 0.3) is 0 Å². The first-order valence-corrected chi connectivity index (χ1v) is 8.15. The van der Waals surface area contributed by atoms with Gasteiger partial charge in [0.1, 0.15) is 0 Å². The van der Waals surface area contributed by atoms with Gasteiger partial charge in [-0.15, -0.1) is 0 Å². The molecule has 25 heavy (non-hydrogen) atoms. The number of hydrogen-bond acceptors (Lipinski definition) is 4. The van der Waals surface area contributed by atoms with Crippen molar-refractivity contribution < 1.29 is 9.72 Å². The molecule has 0 amide bonds. The predicted molar refractivity (Wildman–Crippen MR) is 98.4 cm³/mol. The molecule has 2 aromatic carbocycles. The summed E-state index contributed by atoms with van der Waals surface area (Å²) in [6.45, 7) is 4.09. The van der Waals surface area contributed by atoms with E-state index in [2.05, 4.69) is 0 Å². The molecule has 0 N–H and O–H groups in total. The summed E-state index contributed by atoms with van der Waals surface area (Å²) in [5.74, 6) is -0.351. The monoisotopic (exact) mass is 356 g/mol. The summed E-state index contributed by atoms with van der Waals surface area (Å²) in [6.07, 6.45) is 1.52. The van der Waals surface area contributed by atoms with E-state index in [1.165, 1.54) is 24.3 Å². The van der Waals surface area contributed by atoms with Crippen LogP contribution in [0.3, 0.4) is 0 Å². The molecule has 0 unspecified atom stereocenters. The quantitative estimate of drug-likeness (QED) is 0.345. The maximum absolute atomic E-state index is 12.8. The molecule has 3 rings (SSSR count). The molecule has 128 valence electrons. The Morgan fingerprint density at radius 2 is 1.92 bits per heavy atom. The highest BCUT2D eigenvalue weighted by Crippen LogP contribution is 2.46. The number of anilines is 1. The zero-order valence-electron chi connectivity index (χ0n) is 14.1. The highest BCUT2D eigenvalue weighted by atomic mass is 35.5. The number of fused-ring (bicyclic) bond motifs is 1. The molecule has 1 aliphatic rings. The van der Waals surface area contributed by atoms with Crippen LogP contribution in [0.4, 0.5) is 11.4 Å². The van der Waals surface area contributed by atoms with Crippen molar-refractivity contribution in [1.29, 1.82) is 0 Å². The number of halogens is 1. The molecular weight excluding hydrogens is 340 g/mol. The molecule has 0 saturated carbocycles. The van der Waals surface area contributed by atoms with E-state index in [-0.39, 0.29) is 27.5 Å².